The fourth-order valence-corrected chi connectivity index (χ4v) is 11.1. The second-order valence-electron chi connectivity index (χ2n) is 14.8. The molecule has 2 heteroatoms. The van der Waals surface area contributed by atoms with E-state index >= 15 is 0 Å². The van der Waals surface area contributed by atoms with Crippen LogP contribution in [0.4, 0.5) is 17.1 Å². The van der Waals surface area contributed by atoms with Gasteiger partial charge in [0.25, 0.3) is 0 Å². The van der Waals surface area contributed by atoms with Crippen LogP contribution in [-0.2, 0) is 5.41 Å². The lowest BCUT2D eigenvalue weighted by Crippen LogP contribution is -2.26. The molecule has 0 saturated carbocycles. The topological polar surface area (TPSA) is 3.24 Å². The first-order valence-electron chi connectivity index (χ1n) is 19.0. The van der Waals surface area contributed by atoms with Crippen molar-refractivity contribution in [2.75, 3.05) is 4.90 Å². The van der Waals surface area contributed by atoms with Crippen molar-refractivity contribution >= 4 is 59.3 Å². The summed E-state index contributed by atoms with van der Waals surface area (Å²) in [4.78, 5) is 2.45. The third kappa shape index (κ3) is 4.23. The Hall–Kier alpha value is -6.74. The number of para-hydroxylation sites is 1. The highest BCUT2D eigenvalue weighted by Gasteiger charge is 2.52. The Morgan fingerprint density at radius 3 is 1.95 bits per heavy atom. The Morgan fingerprint density at radius 2 is 1.07 bits per heavy atom. The van der Waals surface area contributed by atoms with Crippen molar-refractivity contribution in [2.45, 2.75) is 5.41 Å². The molecule has 0 saturated heterocycles. The molecule has 10 aromatic rings. The van der Waals surface area contributed by atoms with E-state index in [-0.39, 0.29) is 0 Å². The van der Waals surface area contributed by atoms with E-state index in [2.05, 4.69) is 205 Å². The van der Waals surface area contributed by atoms with Crippen LogP contribution in [0.3, 0.4) is 0 Å². The van der Waals surface area contributed by atoms with Gasteiger partial charge in [-0.15, -0.1) is 11.3 Å². The van der Waals surface area contributed by atoms with Crippen LogP contribution in [0.25, 0.3) is 64.3 Å². The van der Waals surface area contributed by atoms with Crippen LogP contribution in [0, 0.1) is 0 Å². The monoisotopic (exact) mass is 715 g/mol. The second-order valence-corrected chi connectivity index (χ2v) is 15.8. The molecule has 1 atom stereocenters. The molecule has 1 unspecified atom stereocenters. The van der Waals surface area contributed by atoms with Gasteiger partial charge in [-0.1, -0.05) is 158 Å². The summed E-state index contributed by atoms with van der Waals surface area (Å²) in [5.41, 5.74) is 16.1. The minimum atomic E-state index is -0.511. The largest absolute Gasteiger partial charge is 0.310 e. The molecule has 2 aliphatic carbocycles. The Kier molecular flexibility index (Phi) is 6.49. The number of hydrogen-bond donors (Lipinski definition) is 0. The van der Waals surface area contributed by atoms with Crippen molar-refractivity contribution < 1.29 is 0 Å². The molecule has 12 rings (SSSR count). The van der Waals surface area contributed by atoms with Crippen LogP contribution in [0.1, 0.15) is 22.3 Å². The predicted octanol–water partition coefficient (Wildman–Crippen LogP) is 14.7. The van der Waals surface area contributed by atoms with Crippen LogP contribution in [0.5, 0.6) is 0 Å². The molecule has 0 amide bonds. The van der Waals surface area contributed by atoms with Crippen LogP contribution in [-0.4, -0.2) is 0 Å². The first-order chi connectivity index (χ1) is 27.3. The fraction of sp³-hybridized carbons (Fsp3) is 0.0189. The van der Waals surface area contributed by atoms with Gasteiger partial charge in [-0.25, -0.2) is 0 Å². The highest BCUT2D eigenvalue weighted by atomic mass is 32.1. The molecule has 0 bridgehead atoms. The van der Waals surface area contributed by atoms with Crippen molar-refractivity contribution in [3.8, 4) is 33.4 Å². The molecular formula is C53H33NS. The van der Waals surface area contributed by atoms with Crippen LogP contribution < -0.4 is 4.90 Å². The summed E-state index contributed by atoms with van der Waals surface area (Å²) in [6, 6.07) is 74.4. The number of thiophene rings is 1. The summed E-state index contributed by atoms with van der Waals surface area (Å²) in [6.45, 7) is 0. The molecular weight excluding hydrogens is 683 g/mol. The fourth-order valence-electron chi connectivity index (χ4n) is 9.79. The van der Waals surface area contributed by atoms with E-state index in [1.54, 1.807) is 0 Å². The lowest BCUT2D eigenvalue weighted by molar-refractivity contribution is 0.795. The van der Waals surface area contributed by atoms with E-state index in [1.807, 2.05) is 11.3 Å². The maximum absolute atomic E-state index is 2.51. The first kappa shape index (κ1) is 30.7. The van der Waals surface area contributed by atoms with Crippen molar-refractivity contribution in [1.29, 1.82) is 0 Å². The number of nitrogens with zero attached hydrogens (tertiary/aromatic N) is 1. The Balaban J connectivity index is 1.19. The molecule has 2 aliphatic rings. The van der Waals surface area contributed by atoms with Crippen LogP contribution in [0.2, 0.25) is 0 Å². The summed E-state index contributed by atoms with van der Waals surface area (Å²) in [6.07, 6.45) is 0. The van der Waals surface area contributed by atoms with E-state index < -0.39 is 5.41 Å². The lowest BCUT2D eigenvalue weighted by Gasteiger charge is -2.32. The number of fused-ring (bicyclic) bond motifs is 15. The summed E-state index contributed by atoms with van der Waals surface area (Å²) in [5.74, 6) is 0. The number of anilines is 3. The van der Waals surface area contributed by atoms with Gasteiger partial charge in [0, 0.05) is 42.5 Å². The minimum Gasteiger partial charge on any atom is -0.310 e. The third-order valence-electron chi connectivity index (χ3n) is 12.1. The smallest absolute Gasteiger partial charge is 0.0727 e. The van der Waals surface area contributed by atoms with E-state index in [0.717, 1.165) is 11.4 Å². The average molecular weight is 716 g/mol. The van der Waals surface area contributed by atoms with Crippen molar-refractivity contribution in [3.63, 3.8) is 0 Å². The molecule has 1 heterocycles. The molecule has 9 aromatic carbocycles. The third-order valence-corrected chi connectivity index (χ3v) is 13.3. The highest BCUT2D eigenvalue weighted by molar-refractivity contribution is 7.26. The molecule has 1 spiro atoms. The normalized spacial score (nSPS) is 15.0. The molecule has 0 aliphatic heterocycles. The Morgan fingerprint density at radius 1 is 0.382 bits per heavy atom. The standard InChI is InChI=1S/C53H33NS/c1-3-14-34(15-4-1)36-26-28-40-41-29-27-38(54(37-18-5-2-6-19-37)49-24-13-17-35-16-7-8-20-39(35)49)33-48(41)53(47(40)32-36)45-23-11-9-22-44(45)51-46(53)31-30-43-42-21-10-12-25-50(42)55-52(43)51/h1-33H. The summed E-state index contributed by atoms with van der Waals surface area (Å²) in [5, 5.41) is 5.12. The zero-order chi connectivity index (χ0) is 36.1. The van der Waals surface area contributed by atoms with Gasteiger partial charge in [-0.3, -0.25) is 0 Å². The quantitative estimate of drug-likeness (QED) is 0.175. The molecule has 1 aromatic heterocycles. The molecule has 256 valence electrons. The SMILES string of the molecule is c1ccc(-c2ccc3c(c2)C2(c4cc(N(c5ccccc5)c5cccc6ccccc56)ccc4-3)c3ccccc3-c3c2ccc2c3sc3ccccc32)cc1. The van der Waals surface area contributed by atoms with Crippen molar-refractivity contribution in [1.82, 2.24) is 0 Å². The van der Waals surface area contributed by atoms with Gasteiger partial charge in [-0.2, -0.15) is 0 Å². The van der Waals surface area contributed by atoms with Crippen molar-refractivity contribution in [3.05, 3.63) is 222 Å². The second kappa shape index (κ2) is 11.6. The highest BCUT2D eigenvalue weighted by Crippen LogP contribution is 2.65. The Bertz CT molecular complexity index is 3150. The summed E-state index contributed by atoms with van der Waals surface area (Å²) in [7, 11) is 0. The van der Waals surface area contributed by atoms with Gasteiger partial charge >= 0.3 is 0 Å². The number of rotatable bonds is 4. The average Bonchev–Trinajstić information content (AvgIpc) is 3.88. The van der Waals surface area contributed by atoms with E-state index in [1.165, 1.54) is 92.3 Å². The summed E-state index contributed by atoms with van der Waals surface area (Å²) >= 11 is 1.93. The van der Waals surface area contributed by atoms with Gasteiger partial charge in [0.2, 0.25) is 0 Å². The number of benzene rings is 9. The van der Waals surface area contributed by atoms with Crippen LogP contribution >= 0.6 is 11.3 Å². The number of hydrogen-bond acceptors (Lipinski definition) is 2. The van der Waals surface area contributed by atoms with Gasteiger partial charge in [0.05, 0.1) is 11.1 Å². The minimum absolute atomic E-state index is 0.511. The molecule has 1 nitrogen and oxygen atoms in total. The molecule has 0 radical (unpaired) electrons. The zero-order valence-electron chi connectivity index (χ0n) is 29.9. The lowest BCUT2D eigenvalue weighted by atomic mass is 9.70. The maximum atomic E-state index is 2.51. The zero-order valence-corrected chi connectivity index (χ0v) is 30.7. The first-order valence-corrected chi connectivity index (χ1v) is 19.8. The van der Waals surface area contributed by atoms with Crippen LogP contribution in [0.15, 0.2) is 200 Å². The molecule has 0 N–H and O–H groups in total. The predicted molar refractivity (Wildman–Crippen MR) is 233 cm³/mol. The molecule has 0 fully saturated rings. The maximum Gasteiger partial charge on any atom is 0.0727 e. The van der Waals surface area contributed by atoms with Crippen molar-refractivity contribution in [2.24, 2.45) is 0 Å². The van der Waals surface area contributed by atoms with E-state index in [9.17, 15) is 0 Å². The summed E-state index contributed by atoms with van der Waals surface area (Å²) < 4.78 is 2.70. The molecule has 55 heavy (non-hydrogen) atoms. The Labute approximate surface area is 324 Å². The van der Waals surface area contributed by atoms with Gasteiger partial charge in [0.1, 0.15) is 0 Å². The van der Waals surface area contributed by atoms with Gasteiger partial charge in [0.15, 0.2) is 0 Å². The van der Waals surface area contributed by atoms with E-state index in [4.69, 9.17) is 0 Å². The van der Waals surface area contributed by atoms with Gasteiger partial charge < -0.3 is 4.90 Å². The van der Waals surface area contributed by atoms with Gasteiger partial charge in [-0.05, 0) is 97.9 Å². The van der Waals surface area contributed by atoms with E-state index in [0.29, 0.717) is 0 Å².